The molecule has 3 rings (SSSR count). The van der Waals surface area contributed by atoms with E-state index < -0.39 is 6.61 Å². The van der Waals surface area contributed by atoms with Gasteiger partial charge in [-0.15, -0.1) is 12.4 Å². The lowest BCUT2D eigenvalue weighted by molar-refractivity contribution is -0.0498. The fourth-order valence-corrected chi connectivity index (χ4v) is 2.78. The molecule has 9 heteroatoms. The Hall–Kier alpha value is -2.19. The summed E-state index contributed by atoms with van der Waals surface area (Å²) in [7, 11) is 0. The summed E-state index contributed by atoms with van der Waals surface area (Å²) in [5.74, 6) is -0.180. The SMILES string of the molecule is Cl.O=C(NCc1ccc(OC(F)F)cc1)c1ccn(C2CCCNC2)n1. The van der Waals surface area contributed by atoms with Crippen LogP contribution in [0.5, 0.6) is 5.75 Å². The van der Waals surface area contributed by atoms with E-state index in [0.717, 1.165) is 31.5 Å². The van der Waals surface area contributed by atoms with Gasteiger partial charge in [0.15, 0.2) is 0 Å². The van der Waals surface area contributed by atoms with Gasteiger partial charge in [0.25, 0.3) is 5.91 Å². The molecule has 2 aromatic rings. The van der Waals surface area contributed by atoms with Crippen molar-refractivity contribution in [2.75, 3.05) is 13.1 Å². The van der Waals surface area contributed by atoms with E-state index in [0.29, 0.717) is 5.69 Å². The number of carbonyl (C=O) groups excluding carboxylic acids is 1. The molecule has 0 aliphatic carbocycles. The molecule has 142 valence electrons. The van der Waals surface area contributed by atoms with E-state index in [4.69, 9.17) is 0 Å². The molecule has 1 aromatic carbocycles. The minimum Gasteiger partial charge on any atom is -0.435 e. The molecule has 0 spiro atoms. The first-order chi connectivity index (χ1) is 12.1. The van der Waals surface area contributed by atoms with Crippen LogP contribution in [0.3, 0.4) is 0 Å². The molecule has 0 radical (unpaired) electrons. The van der Waals surface area contributed by atoms with Gasteiger partial charge in [0, 0.05) is 19.3 Å². The molecule has 1 saturated heterocycles. The van der Waals surface area contributed by atoms with E-state index in [2.05, 4.69) is 20.5 Å². The first kappa shape index (κ1) is 20.1. The van der Waals surface area contributed by atoms with Crippen molar-refractivity contribution in [1.29, 1.82) is 0 Å². The number of piperidine rings is 1. The van der Waals surface area contributed by atoms with Crippen molar-refractivity contribution < 1.29 is 18.3 Å². The van der Waals surface area contributed by atoms with Crippen LogP contribution in [0.4, 0.5) is 8.78 Å². The molecule has 1 unspecified atom stereocenters. The van der Waals surface area contributed by atoms with Gasteiger partial charge in [-0.1, -0.05) is 12.1 Å². The number of hydrogen-bond acceptors (Lipinski definition) is 4. The first-order valence-electron chi connectivity index (χ1n) is 8.19. The molecule has 1 aromatic heterocycles. The second kappa shape index (κ2) is 9.49. The number of amides is 1. The van der Waals surface area contributed by atoms with Crippen LogP contribution in [0.15, 0.2) is 36.5 Å². The van der Waals surface area contributed by atoms with Crippen molar-refractivity contribution in [3.63, 3.8) is 0 Å². The molecule has 1 aliphatic heterocycles. The van der Waals surface area contributed by atoms with Crippen molar-refractivity contribution in [2.24, 2.45) is 0 Å². The normalized spacial score (nSPS) is 16.8. The Morgan fingerprint density at radius 3 is 2.77 bits per heavy atom. The van der Waals surface area contributed by atoms with Gasteiger partial charge >= 0.3 is 6.61 Å². The monoisotopic (exact) mass is 386 g/mol. The summed E-state index contributed by atoms with van der Waals surface area (Å²) in [6, 6.07) is 8.12. The van der Waals surface area contributed by atoms with Crippen molar-refractivity contribution >= 4 is 18.3 Å². The van der Waals surface area contributed by atoms with Gasteiger partial charge in [-0.3, -0.25) is 9.48 Å². The molecule has 2 N–H and O–H groups in total. The number of hydrogen-bond donors (Lipinski definition) is 2. The zero-order chi connectivity index (χ0) is 17.6. The number of rotatable bonds is 6. The third-order valence-electron chi connectivity index (χ3n) is 4.09. The third-order valence-corrected chi connectivity index (χ3v) is 4.09. The summed E-state index contributed by atoms with van der Waals surface area (Å²) in [6.45, 7) is -0.687. The number of ether oxygens (including phenoxy) is 1. The van der Waals surface area contributed by atoms with E-state index in [1.165, 1.54) is 12.1 Å². The molecule has 26 heavy (non-hydrogen) atoms. The number of nitrogens with zero attached hydrogens (tertiary/aromatic N) is 2. The summed E-state index contributed by atoms with van der Waals surface area (Å²) in [6.07, 6.45) is 3.96. The molecular formula is C17H21ClF2N4O2. The maximum atomic E-state index is 12.2. The maximum Gasteiger partial charge on any atom is 0.387 e. The van der Waals surface area contributed by atoms with Crippen LogP contribution in [0.25, 0.3) is 0 Å². The molecule has 1 fully saturated rings. The number of carbonyl (C=O) groups is 1. The Balaban J connectivity index is 0.00000243. The topological polar surface area (TPSA) is 68.2 Å². The summed E-state index contributed by atoms with van der Waals surface area (Å²) < 4.78 is 30.3. The molecule has 0 bridgehead atoms. The number of aromatic nitrogens is 2. The van der Waals surface area contributed by atoms with Crippen LogP contribution in [0.2, 0.25) is 0 Å². The second-order valence-corrected chi connectivity index (χ2v) is 5.89. The standard InChI is InChI=1S/C17H20F2N4O2.ClH/c18-17(19)25-14-5-3-12(4-6-14)10-21-16(24)15-7-9-23(22-15)13-2-1-8-20-11-13;/h3-7,9,13,17,20H,1-2,8,10-11H2,(H,21,24);1H. The summed E-state index contributed by atoms with van der Waals surface area (Å²) in [4.78, 5) is 12.2. The van der Waals surface area contributed by atoms with Crippen molar-refractivity contribution in [1.82, 2.24) is 20.4 Å². The van der Waals surface area contributed by atoms with Crippen LogP contribution in [0, 0.1) is 0 Å². The van der Waals surface area contributed by atoms with Gasteiger partial charge in [-0.05, 0) is 43.1 Å². The summed E-state index contributed by atoms with van der Waals surface area (Å²) in [5.41, 5.74) is 1.15. The molecule has 1 amide bonds. The second-order valence-electron chi connectivity index (χ2n) is 5.89. The Morgan fingerprint density at radius 1 is 1.35 bits per heavy atom. The predicted octanol–water partition coefficient (Wildman–Crippen LogP) is 2.76. The van der Waals surface area contributed by atoms with Crippen molar-refractivity contribution in [2.45, 2.75) is 32.0 Å². The van der Waals surface area contributed by atoms with E-state index >= 15 is 0 Å². The zero-order valence-corrected chi connectivity index (χ0v) is 14.8. The number of nitrogens with one attached hydrogen (secondary N) is 2. The molecule has 1 atom stereocenters. The predicted molar refractivity (Wildman–Crippen MR) is 94.9 cm³/mol. The number of halogens is 3. The molecule has 0 saturated carbocycles. The van der Waals surface area contributed by atoms with Gasteiger partial charge in [-0.25, -0.2) is 0 Å². The highest BCUT2D eigenvalue weighted by Crippen LogP contribution is 2.16. The van der Waals surface area contributed by atoms with Gasteiger partial charge < -0.3 is 15.4 Å². The average molecular weight is 387 g/mol. The van der Waals surface area contributed by atoms with Crippen molar-refractivity contribution in [3.05, 3.63) is 47.8 Å². The van der Waals surface area contributed by atoms with Gasteiger partial charge in [0.2, 0.25) is 0 Å². The van der Waals surface area contributed by atoms with Crippen LogP contribution in [-0.2, 0) is 6.54 Å². The minimum atomic E-state index is -2.85. The first-order valence-corrected chi connectivity index (χ1v) is 8.19. The highest BCUT2D eigenvalue weighted by Gasteiger charge is 2.17. The summed E-state index contributed by atoms with van der Waals surface area (Å²) >= 11 is 0. The van der Waals surface area contributed by atoms with E-state index in [1.807, 2.05) is 10.9 Å². The number of alkyl halides is 2. The molecule has 2 heterocycles. The van der Waals surface area contributed by atoms with Crippen molar-refractivity contribution in [3.8, 4) is 5.75 Å². The Bertz CT molecular complexity index is 703. The highest BCUT2D eigenvalue weighted by atomic mass is 35.5. The molecule has 6 nitrogen and oxygen atoms in total. The maximum absolute atomic E-state index is 12.2. The quantitative estimate of drug-likeness (QED) is 0.801. The fourth-order valence-electron chi connectivity index (χ4n) is 2.78. The fraction of sp³-hybridized carbons (Fsp3) is 0.412. The Morgan fingerprint density at radius 2 is 2.12 bits per heavy atom. The molecule has 1 aliphatic rings. The smallest absolute Gasteiger partial charge is 0.387 e. The van der Waals surface area contributed by atoms with E-state index in [-0.39, 0.29) is 36.7 Å². The molecular weight excluding hydrogens is 366 g/mol. The lowest BCUT2D eigenvalue weighted by atomic mass is 10.1. The van der Waals surface area contributed by atoms with Gasteiger partial charge in [0.1, 0.15) is 11.4 Å². The van der Waals surface area contributed by atoms with Crippen LogP contribution in [-0.4, -0.2) is 35.4 Å². The zero-order valence-electron chi connectivity index (χ0n) is 14.0. The average Bonchev–Trinajstić information content (AvgIpc) is 3.11. The highest BCUT2D eigenvalue weighted by molar-refractivity contribution is 5.92. The van der Waals surface area contributed by atoms with Crippen LogP contribution >= 0.6 is 12.4 Å². The largest absolute Gasteiger partial charge is 0.435 e. The van der Waals surface area contributed by atoms with Crippen LogP contribution in [0.1, 0.15) is 34.9 Å². The third kappa shape index (κ3) is 5.40. The Labute approximate surface area is 156 Å². The lowest BCUT2D eigenvalue weighted by Crippen LogP contribution is -2.32. The van der Waals surface area contributed by atoms with Gasteiger partial charge in [-0.2, -0.15) is 13.9 Å². The van der Waals surface area contributed by atoms with E-state index in [1.54, 1.807) is 18.2 Å². The lowest BCUT2D eigenvalue weighted by Gasteiger charge is -2.22. The van der Waals surface area contributed by atoms with Crippen LogP contribution < -0.4 is 15.4 Å². The summed E-state index contributed by atoms with van der Waals surface area (Å²) in [5, 5.41) is 10.4. The van der Waals surface area contributed by atoms with E-state index in [9.17, 15) is 13.6 Å². The Kier molecular flexibility index (Phi) is 7.35. The van der Waals surface area contributed by atoms with Gasteiger partial charge in [0.05, 0.1) is 6.04 Å². The minimum absolute atomic E-state index is 0. The number of benzene rings is 1.